The fraction of sp³-hybridized carbons (Fsp3) is 0.333. The molecule has 0 radical (unpaired) electrons. The molecule has 5 nitrogen and oxygen atoms in total. The van der Waals surface area contributed by atoms with E-state index in [0.29, 0.717) is 5.95 Å². The van der Waals surface area contributed by atoms with E-state index in [1.54, 1.807) is 7.11 Å². The summed E-state index contributed by atoms with van der Waals surface area (Å²) >= 11 is 0. The van der Waals surface area contributed by atoms with Gasteiger partial charge >= 0.3 is 0 Å². The van der Waals surface area contributed by atoms with Gasteiger partial charge in [0, 0.05) is 25.4 Å². The van der Waals surface area contributed by atoms with E-state index in [-0.39, 0.29) is 0 Å². The van der Waals surface area contributed by atoms with Crippen molar-refractivity contribution in [2.75, 3.05) is 31.3 Å². The topological polar surface area (TPSA) is 59.1 Å². The molecule has 1 aromatic heterocycles. The summed E-state index contributed by atoms with van der Waals surface area (Å²) in [6.07, 6.45) is 0.932. The Bertz CT molecular complexity index is 554. The molecule has 2 aromatic rings. The standard InChI is InChI=1S/C15H20N4O/c1-11-10-14(19-15(16-2)18-11)17-9-8-12-4-6-13(20-3)7-5-12/h4-7,10H,8-9H2,1-3H3,(H2,16,17,18,19). The third kappa shape index (κ3) is 3.85. The lowest BCUT2D eigenvalue weighted by molar-refractivity contribution is 0.414. The van der Waals surface area contributed by atoms with Gasteiger partial charge < -0.3 is 15.4 Å². The fourth-order valence-corrected chi connectivity index (χ4v) is 1.90. The van der Waals surface area contributed by atoms with Crippen LogP contribution >= 0.6 is 0 Å². The summed E-state index contributed by atoms with van der Waals surface area (Å²) in [5, 5.41) is 6.27. The van der Waals surface area contributed by atoms with Crippen LogP contribution in [0.4, 0.5) is 11.8 Å². The smallest absolute Gasteiger partial charge is 0.224 e. The Morgan fingerprint density at radius 3 is 2.55 bits per heavy atom. The summed E-state index contributed by atoms with van der Waals surface area (Å²) in [5.74, 6) is 2.36. The average Bonchev–Trinajstić information content (AvgIpc) is 2.47. The summed E-state index contributed by atoms with van der Waals surface area (Å²) in [6, 6.07) is 10.0. The fourth-order valence-electron chi connectivity index (χ4n) is 1.90. The van der Waals surface area contributed by atoms with E-state index >= 15 is 0 Å². The maximum atomic E-state index is 5.14. The molecule has 1 aromatic carbocycles. The lowest BCUT2D eigenvalue weighted by Gasteiger charge is -2.08. The first-order valence-corrected chi connectivity index (χ1v) is 6.61. The molecule has 0 aliphatic carbocycles. The molecule has 0 saturated heterocycles. The Morgan fingerprint density at radius 2 is 1.90 bits per heavy atom. The van der Waals surface area contributed by atoms with Gasteiger partial charge in [-0.2, -0.15) is 4.98 Å². The molecule has 0 atom stereocenters. The number of hydrogen-bond donors (Lipinski definition) is 2. The maximum absolute atomic E-state index is 5.14. The second kappa shape index (κ2) is 6.75. The molecule has 0 fully saturated rings. The molecule has 0 saturated carbocycles. The van der Waals surface area contributed by atoms with Crippen LogP contribution in [-0.4, -0.2) is 30.7 Å². The van der Waals surface area contributed by atoms with Crippen molar-refractivity contribution in [3.05, 3.63) is 41.6 Å². The monoisotopic (exact) mass is 272 g/mol. The zero-order valence-electron chi connectivity index (χ0n) is 12.1. The second-order valence-electron chi connectivity index (χ2n) is 4.49. The van der Waals surface area contributed by atoms with Gasteiger partial charge in [0.05, 0.1) is 7.11 Å². The molecule has 2 rings (SSSR count). The number of aryl methyl sites for hydroxylation is 1. The highest BCUT2D eigenvalue weighted by molar-refractivity contribution is 5.42. The van der Waals surface area contributed by atoms with Crippen LogP contribution in [0.5, 0.6) is 5.75 Å². The van der Waals surface area contributed by atoms with Gasteiger partial charge in [0.1, 0.15) is 11.6 Å². The van der Waals surface area contributed by atoms with Crippen LogP contribution in [0.1, 0.15) is 11.3 Å². The first-order chi connectivity index (χ1) is 9.71. The van der Waals surface area contributed by atoms with Crippen molar-refractivity contribution in [1.29, 1.82) is 0 Å². The number of rotatable bonds is 6. The van der Waals surface area contributed by atoms with Gasteiger partial charge in [0.25, 0.3) is 0 Å². The van der Waals surface area contributed by atoms with Crippen molar-refractivity contribution in [2.24, 2.45) is 0 Å². The molecule has 0 aliphatic rings. The second-order valence-corrected chi connectivity index (χ2v) is 4.49. The molecule has 1 heterocycles. The van der Waals surface area contributed by atoms with Crippen molar-refractivity contribution in [3.8, 4) is 5.75 Å². The number of hydrogen-bond acceptors (Lipinski definition) is 5. The van der Waals surface area contributed by atoms with Crippen molar-refractivity contribution in [2.45, 2.75) is 13.3 Å². The predicted molar refractivity (Wildman–Crippen MR) is 81.5 cm³/mol. The van der Waals surface area contributed by atoms with Crippen LogP contribution in [0.2, 0.25) is 0 Å². The number of nitrogens with zero attached hydrogens (tertiary/aromatic N) is 2. The first-order valence-electron chi connectivity index (χ1n) is 6.61. The zero-order chi connectivity index (χ0) is 14.4. The molecular weight excluding hydrogens is 252 g/mol. The van der Waals surface area contributed by atoms with E-state index in [1.807, 2.05) is 32.2 Å². The van der Waals surface area contributed by atoms with Gasteiger partial charge in [0.15, 0.2) is 0 Å². The number of ether oxygens (including phenoxy) is 1. The van der Waals surface area contributed by atoms with Crippen LogP contribution in [0, 0.1) is 6.92 Å². The molecule has 0 aliphatic heterocycles. The third-order valence-corrected chi connectivity index (χ3v) is 2.96. The molecule has 2 N–H and O–H groups in total. The molecule has 0 bridgehead atoms. The van der Waals surface area contributed by atoms with Gasteiger partial charge in [0.2, 0.25) is 5.95 Å². The summed E-state index contributed by atoms with van der Waals surface area (Å²) in [7, 11) is 3.49. The van der Waals surface area contributed by atoms with E-state index in [1.165, 1.54) is 5.56 Å². The molecule has 0 amide bonds. The lowest BCUT2D eigenvalue weighted by atomic mass is 10.1. The minimum absolute atomic E-state index is 0.636. The van der Waals surface area contributed by atoms with Crippen molar-refractivity contribution < 1.29 is 4.74 Å². The van der Waals surface area contributed by atoms with Gasteiger partial charge in [-0.25, -0.2) is 4.98 Å². The molecule has 0 spiro atoms. The van der Waals surface area contributed by atoms with Crippen LogP contribution in [0.15, 0.2) is 30.3 Å². The Morgan fingerprint density at radius 1 is 1.15 bits per heavy atom. The SMILES string of the molecule is CNc1nc(C)cc(NCCc2ccc(OC)cc2)n1. The number of benzene rings is 1. The number of anilines is 2. The van der Waals surface area contributed by atoms with Crippen LogP contribution in [-0.2, 0) is 6.42 Å². The van der Waals surface area contributed by atoms with Crippen LogP contribution < -0.4 is 15.4 Å². The summed E-state index contributed by atoms with van der Waals surface area (Å²) in [5.41, 5.74) is 2.20. The summed E-state index contributed by atoms with van der Waals surface area (Å²) in [4.78, 5) is 8.62. The summed E-state index contributed by atoms with van der Waals surface area (Å²) in [6.45, 7) is 2.78. The van der Waals surface area contributed by atoms with E-state index in [2.05, 4.69) is 32.7 Å². The molecular formula is C15H20N4O. The summed E-state index contributed by atoms with van der Waals surface area (Å²) < 4.78 is 5.14. The first kappa shape index (κ1) is 14.1. The number of methoxy groups -OCH3 is 1. The predicted octanol–water partition coefficient (Wildman–Crippen LogP) is 2.49. The molecule has 106 valence electrons. The average molecular weight is 272 g/mol. The van der Waals surface area contributed by atoms with Crippen molar-refractivity contribution in [3.63, 3.8) is 0 Å². The Kier molecular flexibility index (Phi) is 4.76. The molecule has 5 heteroatoms. The third-order valence-electron chi connectivity index (χ3n) is 2.96. The highest BCUT2D eigenvalue weighted by Crippen LogP contribution is 2.12. The number of nitrogens with one attached hydrogen (secondary N) is 2. The number of aromatic nitrogens is 2. The Labute approximate surface area is 119 Å². The Balaban J connectivity index is 1.90. The zero-order valence-corrected chi connectivity index (χ0v) is 12.1. The van der Waals surface area contributed by atoms with E-state index in [0.717, 1.165) is 30.2 Å². The minimum Gasteiger partial charge on any atom is -0.497 e. The quantitative estimate of drug-likeness (QED) is 0.846. The molecule has 20 heavy (non-hydrogen) atoms. The van der Waals surface area contributed by atoms with Crippen LogP contribution in [0.3, 0.4) is 0 Å². The van der Waals surface area contributed by atoms with E-state index < -0.39 is 0 Å². The van der Waals surface area contributed by atoms with Gasteiger partial charge in [-0.05, 0) is 31.0 Å². The van der Waals surface area contributed by atoms with E-state index in [9.17, 15) is 0 Å². The van der Waals surface area contributed by atoms with Crippen molar-refractivity contribution >= 4 is 11.8 Å². The normalized spacial score (nSPS) is 10.2. The van der Waals surface area contributed by atoms with Gasteiger partial charge in [-0.1, -0.05) is 12.1 Å². The van der Waals surface area contributed by atoms with Crippen molar-refractivity contribution in [1.82, 2.24) is 9.97 Å². The largest absolute Gasteiger partial charge is 0.497 e. The highest BCUT2D eigenvalue weighted by atomic mass is 16.5. The van der Waals surface area contributed by atoms with Gasteiger partial charge in [-0.15, -0.1) is 0 Å². The highest BCUT2D eigenvalue weighted by Gasteiger charge is 2.00. The van der Waals surface area contributed by atoms with Crippen LogP contribution in [0.25, 0.3) is 0 Å². The van der Waals surface area contributed by atoms with E-state index in [4.69, 9.17) is 4.74 Å². The van der Waals surface area contributed by atoms with Gasteiger partial charge in [-0.3, -0.25) is 0 Å². The minimum atomic E-state index is 0.636. The Hall–Kier alpha value is -2.30. The molecule has 0 unspecified atom stereocenters. The maximum Gasteiger partial charge on any atom is 0.224 e. The lowest BCUT2D eigenvalue weighted by Crippen LogP contribution is -2.08.